The van der Waals surface area contributed by atoms with Crippen LogP contribution in [-0.2, 0) is 0 Å². The zero-order chi connectivity index (χ0) is 13.1. The van der Waals surface area contributed by atoms with E-state index in [9.17, 15) is 0 Å². The third-order valence-electron chi connectivity index (χ3n) is 3.10. The SMILES string of the molecule is CCC(NC(C)c1nc(C)sc1C)c1cccs1. The fourth-order valence-electron chi connectivity index (χ4n) is 2.22. The van der Waals surface area contributed by atoms with Crippen LogP contribution in [0.2, 0.25) is 0 Å². The second kappa shape index (κ2) is 5.95. The lowest BCUT2D eigenvalue weighted by Gasteiger charge is -2.20. The highest BCUT2D eigenvalue weighted by molar-refractivity contribution is 7.11. The summed E-state index contributed by atoms with van der Waals surface area (Å²) in [5, 5.41) is 6.99. The van der Waals surface area contributed by atoms with E-state index >= 15 is 0 Å². The number of nitrogens with zero attached hydrogens (tertiary/aromatic N) is 1. The largest absolute Gasteiger partial charge is 0.301 e. The van der Waals surface area contributed by atoms with Crippen molar-refractivity contribution < 1.29 is 0 Å². The Morgan fingerprint density at radius 3 is 2.67 bits per heavy atom. The highest BCUT2D eigenvalue weighted by atomic mass is 32.1. The smallest absolute Gasteiger partial charge is 0.0900 e. The van der Waals surface area contributed by atoms with Crippen LogP contribution in [0.3, 0.4) is 0 Å². The molecule has 2 heterocycles. The van der Waals surface area contributed by atoms with E-state index in [2.05, 4.69) is 55.5 Å². The Morgan fingerprint density at radius 1 is 1.39 bits per heavy atom. The third-order valence-corrected chi connectivity index (χ3v) is 4.98. The minimum Gasteiger partial charge on any atom is -0.301 e. The first-order chi connectivity index (χ1) is 8.61. The summed E-state index contributed by atoms with van der Waals surface area (Å²) >= 11 is 3.60. The van der Waals surface area contributed by atoms with Crippen molar-refractivity contribution in [3.8, 4) is 0 Å². The van der Waals surface area contributed by atoms with Gasteiger partial charge in [0, 0.05) is 21.8 Å². The average molecular weight is 280 g/mol. The molecule has 0 spiro atoms. The van der Waals surface area contributed by atoms with Gasteiger partial charge in [0.25, 0.3) is 0 Å². The number of hydrogen-bond donors (Lipinski definition) is 1. The normalized spacial score (nSPS) is 14.7. The Labute approximate surface area is 117 Å². The van der Waals surface area contributed by atoms with E-state index in [0.717, 1.165) is 11.4 Å². The van der Waals surface area contributed by atoms with Gasteiger partial charge in [-0.3, -0.25) is 0 Å². The van der Waals surface area contributed by atoms with Crippen LogP contribution in [0.1, 0.15) is 52.8 Å². The van der Waals surface area contributed by atoms with Gasteiger partial charge >= 0.3 is 0 Å². The van der Waals surface area contributed by atoms with E-state index in [1.165, 1.54) is 15.4 Å². The van der Waals surface area contributed by atoms with Crippen LogP contribution in [0.15, 0.2) is 17.5 Å². The molecule has 2 rings (SSSR count). The van der Waals surface area contributed by atoms with E-state index in [4.69, 9.17) is 0 Å². The van der Waals surface area contributed by atoms with Gasteiger partial charge in [0.1, 0.15) is 0 Å². The van der Waals surface area contributed by atoms with Gasteiger partial charge in [-0.1, -0.05) is 13.0 Å². The van der Waals surface area contributed by atoms with Gasteiger partial charge in [-0.05, 0) is 38.6 Å². The quantitative estimate of drug-likeness (QED) is 0.864. The first-order valence-electron chi connectivity index (χ1n) is 6.35. The zero-order valence-electron chi connectivity index (χ0n) is 11.4. The zero-order valence-corrected chi connectivity index (χ0v) is 13.0. The van der Waals surface area contributed by atoms with Crippen LogP contribution in [0.25, 0.3) is 0 Å². The molecule has 0 saturated heterocycles. The fraction of sp³-hybridized carbons (Fsp3) is 0.500. The van der Waals surface area contributed by atoms with Gasteiger partial charge in [0.05, 0.1) is 10.7 Å². The summed E-state index contributed by atoms with van der Waals surface area (Å²) in [6, 6.07) is 5.06. The molecule has 0 aliphatic rings. The molecule has 0 aromatic carbocycles. The molecular weight excluding hydrogens is 260 g/mol. The maximum Gasteiger partial charge on any atom is 0.0900 e. The number of aryl methyl sites for hydroxylation is 2. The Hall–Kier alpha value is -0.710. The molecule has 2 aromatic rings. The van der Waals surface area contributed by atoms with Gasteiger partial charge in [-0.15, -0.1) is 22.7 Å². The molecule has 0 aliphatic heterocycles. The predicted octanol–water partition coefficient (Wildman–Crippen LogP) is 4.62. The number of nitrogens with one attached hydrogen (secondary N) is 1. The highest BCUT2D eigenvalue weighted by Crippen LogP contribution is 2.28. The van der Waals surface area contributed by atoms with Crippen molar-refractivity contribution in [1.82, 2.24) is 10.3 Å². The number of rotatable bonds is 5. The summed E-state index contributed by atoms with van der Waals surface area (Å²) in [7, 11) is 0. The summed E-state index contributed by atoms with van der Waals surface area (Å²) in [5.41, 5.74) is 1.20. The number of aromatic nitrogens is 1. The van der Waals surface area contributed by atoms with Crippen LogP contribution < -0.4 is 5.32 Å². The molecule has 18 heavy (non-hydrogen) atoms. The topological polar surface area (TPSA) is 24.9 Å². The predicted molar refractivity (Wildman–Crippen MR) is 80.5 cm³/mol. The fourth-order valence-corrected chi connectivity index (χ4v) is 4.00. The van der Waals surface area contributed by atoms with E-state index in [-0.39, 0.29) is 0 Å². The van der Waals surface area contributed by atoms with E-state index in [1.807, 2.05) is 11.3 Å². The van der Waals surface area contributed by atoms with Gasteiger partial charge in [0.2, 0.25) is 0 Å². The van der Waals surface area contributed by atoms with Gasteiger partial charge in [-0.2, -0.15) is 0 Å². The standard InChI is InChI=1S/C14H20N2S2/c1-5-12(13-7-6-8-17-13)15-9(2)14-10(3)18-11(4)16-14/h6-9,12,15H,5H2,1-4H3. The molecule has 0 radical (unpaired) electrons. The van der Waals surface area contributed by atoms with Gasteiger partial charge in [0.15, 0.2) is 0 Å². The van der Waals surface area contributed by atoms with Crippen LogP contribution in [0.5, 0.6) is 0 Å². The van der Waals surface area contributed by atoms with E-state index in [0.29, 0.717) is 12.1 Å². The van der Waals surface area contributed by atoms with Gasteiger partial charge in [-0.25, -0.2) is 4.98 Å². The molecule has 0 amide bonds. The summed E-state index contributed by atoms with van der Waals surface area (Å²) in [6.07, 6.45) is 1.10. The number of thiophene rings is 1. The lowest BCUT2D eigenvalue weighted by Crippen LogP contribution is -2.24. The summed E-state index contributed by atoms with van der Waals surface area (Å²) in [6.45, 7) is 8.66. The second-order valence-electron chi connectivity index (χ2n) is 4.54. The second-order valence-corrected chi connectivity index (χ2v) is 6.93. The maximum absolute atomic E-state index is 4.64. The van der Waals surface area contributed by atoms with E-state index in [1.54, 1.807) is 11.3 Å². The molecule has 2 unspecified atom stereocenters. The molecule has 0 fully saturated rings. The Bertz CT molecular complexity index is 488. The van der Waals surface area contributed by atoms with Crippen molar-refractivity contribution >= 4 is 22.7 Å². The average Bonchev–Trinajstić information content (AvgIpc) is 2.95. The molecule has 4 heteroatoms. The Kier molecular flexibility index (Phi) is 4.54. The number of hydrogen-bond acceptors (Lipinski definition) is 4. The maximum atomic E-state index is 4.64. The molecule has 2 aromatic heterocycles. The summed E-state index contributed by atoms with van der Waals surface area (Å²) in [4.78, 5) is 7.38. The number of thiazole rings is 1. The van der Waals surface area contributed by atoms with Crippen molar-refractivity contribution in [2.75, 3.05) is 0 Å². The Balaban J connectivity index is 2.10. The molecule has 0 saturated carbocycles. The van der Waals surface area contributed by atoms with E-state index < -0.39 is 0 Å². The third kappa shape index (κ3) is 2.99. The van der Waals surface area contributed by atoms with Crippen LogP contribution in [-0.4, -0.2) is 4.98 Å². The molecule has 2 atom stereocenters. The van der Waals surface area contributed by atoms with Crippen LogP contribution in [0.4, 0.5) is 0 Å². The van der Waals surface area contributed by atoms with Crippen LogP contribution >= 0.6 is 22.7 Å². The van der Waals surface area contributed by atoms with Crippen LogP contribution in [0, 0.1) is 13.8 Å². The highest BCUT2D eigenvalue weighted by Gasteiger charge is 2.18. The molecular formula is C14H20N2S2. The lowest BCUT2D eigenvalue weighted by atomic mass is 10.1. The minimum absolute atomic E-state index is 0.307. The van der Waals surface area contributed by atoms with Crippen molar-refractivity contribution in [3.63, 3.8) is 0 Å². The monoisotopic (exact) mass is 280 g/mol. The summed E-state index contributed by atoms with van der Waals surface area (Å²) < 4.78 is 0. The van der Waals surface area contributed by atoms with Crippen molar-refractivity contribution in [3.05, 3.63) is 38.0 Å². The molecule has 1 N–H and O–H groups in total. The first kappa shape index (κ1) is 13.7. The molecule has 0 aliphatic carbocycles. The molecule has 2 nitrogen and oxygen atoms in total. The Morgan fingerprint density at radius 2 is 2.17 bits per heavy atom. The summed E-state index contributed by atoms with van der Waals surface area (Å²) in [5.74, 6) is 0. The lowest BCUT2D eigenvalue weighted by molar-refractivity contribution is 0.455. The minimum atomic E-state index is 0.307. The van der Waals surface area contributed by atoms with Gasteiger partial charge < -0.3 is 5.32 Å². The van der Waals surface area contributed by atoms with Crippen molar-refractivity contribution in [1.29, 1.82) is 0 Å². The molecule has 0 bridgehead atoms. The molecule has 98 valence electrons. The van der Waals surface area contributed by atoms with Crippen molar-refractivity contribution in [2.24, 2.45) is 0 Å². The first-order valence-corrected chi connectivity index (χ1v) is 8.04. The van der Waals surface area contributed by atoms with Crippen molar-refractivity contribution in [2.45, 2.75) is 46.2 Å².